The summed E-state index contributed by atoms with van der Waals surface area (Å²) in [5, 5.41) is 9.92. The molecule has 1 heterocycles. The van der Waals surface area contributed by atoms with Crippen LogP contribution >= 0.6 is 0 Å². The van der Waals surface area contributed by atoms with E-state index in [0.717, 1.165) is 0 Å². The number of hydrogen-bond donors (Lipinski definition) is 1. The number of phenolic OH excluding ortho intramolecular Hbond substituents is 1. The molecule has 106 valence electrons. The minimum atomic E-state index is -1.29. The lowest BCUT2D eigenvalue weighted by molar-refractivity contribution is -0.222. The number of methoxy groups -OCH3 is 1. The number of carbonyl (C=O) groups excluding carboxylic acids is 2. The number of esters is 2. The van der Waals surface area contributed by atoms with E-state index in [4.69, 9.17) is 14.2 Å². The Hall–Kier alpha value is -2.50. The molecular weight excluding hydrogens is 264 g/mol. The van der Waals surface area contributed by atoms with Gasteiger partial charge in [0.05, 0.1) is 7.11 Å². The number of rotatable bonds is 2. The number of para-hydroxylation sites is 1. The maximum atomic E-state index is 11.8. The Balaban J connectivity index is 2.41. The molecule has 1 aromatic rings. The second-order valence-electron chi connectivity index (χ2n) is 4.63. The fraction of sp³-hybridized carbons (Fsp3) is 0.286. The van der Waals surface area contributed by atoms with Gasteiger partial charge in [0.2, 0.25) is 0 Å². The van der Waals surface area contributed by atoms with E-state index in [9.17, 15) is 14.7 Å². The molecule has 1 aromatic carbocycles. The van der Waals surface area contributed by atoms with Crippen LogP contribution in [0.3, 0.4) is 0 Å². The van der Waals surface area contributed by atoms with Gasteiger partial charge in [-0.05, 0) is 12.1 Å². The molecule has 0 unspecified atom stereocenters. The van der Waals surface area contributed by atoms with Crippen LogP contribution in [0.1, 0.15) is 19.4 Å². The molecule has 0 spiro atoms. The number of carbonyl (C=O) groups is 2. The summed E-state index contributed by atoms with van der Waals surface area (Å²) in [6.45, 7) is 2.92. The lowest BCUT2D eigenvalue weighted by Crippen LogP contribution is -2.41. The summed E-state index contributed by atoms with van der Waals surface area (Å²) in [6.07, 6.45) is 1.21. The highest BCUT2D eigenvalue weighted by Crippen LogP contribution is 2.32. The van der Waals surface area contributed by atoms with E-state index in [2.05, 4.69) is 0 Å². The fourth-order valence-electron chi connectivity index (χ4n) is 1.75. The number of hydrogen-bond acceptors (Lipinski definition) is 6. The van der Waals surface area contributed by atoms with Crippen molar-refractivity contribution in [2.75, 3.05) is 7.11 Å². The lowest BCUT2D eigenvalue weighted by Gasteiger charge is -2.29. The van der Waals surface area contributed by atoms with Gasteiger partial charge < -0.3 is 19.3 Å². The van der Waals surface area contributed by atoms with E-state index in [1.165, 1.54) is 33.1 Å². The first-order valence-electron chi connectivity index (χ1n) is 5.88. The quantitative estimate of drug-likeness (QED) is 0.503. The van der Waals surface area contributed by atoms with Crippen molar-refractivity contribution in [3.05, 3.63) is 29.3 Å². The van der Waals surface area contributed by atoms with Gasteiger partial charge in [-0.3, -0.25) is 0 Å². The first kappa shape index (κ1) is 13.9. The number of benzene rings is 1. The topological polar surface area (TPSA) is 82.1 Å². The molecular formula is C14H14O6. The van der Waals surface area contributed by atoms with Crippen molar-refractivity contribution in [3.8, 4) is 11.5 Å². The van der Waals surface area contributed by atoms with Crippen LogP contribution in [0.25, 0.3) is 6.08 Å². The van der Waals surface area contributed by atoms with Gasteiger partial charge in [-0.25, -0.2) is 9.59 Å². The zero-order chi connectivity index (χ0) is 14.9. The van der Waals surface area contributed by atoms with Gasteiger partial charge >= 0.3 is 11.9 Å². The van der Waals surface area contributed by atoms with Crippen LogP contribution in [0.4, 0.5) is 0 Å². The summed E-state index contributed by atoms with van der Waals surface area (Å²) in [5.74, 6) is -2.82. The van der Waals surface area contributed by atoms with Crippen molar-refractivity contribution < 1.29 is 28.9 Å². The smallest absolute Gasteiger partial charge is 0.348 e. The van der Waals surface area contributed by atoms with E-state index in [-0.39, 0.29) is 22.6 Å². The molecule has 0 radical (unpaired) electrons. The van der Waals surface area contributed by atoms with Crippen molar-refractivity contribution in [3.63, 3.8) is 0 Å². The maximum Gasteiger partial charge on any atom is 0.348 e. The van der Waals surface area contributed by atoms with Crippen molar-refractivity contribution in [2.24, 2.45) is 0 Å². The standard InChI is InChI=1S/C14H14O6/c1-14(2)19-12(16)9(13(17)20-14)7-8-5-4-6-10(18-3)11(8)15/h4-7,15H,1-3H3. The van der Waals surface area contributed by atoms with Gasteiger partial charge in [0.15, 0.2) is 11.5 Å². The summed E-state index contributed by atoms with van der Waals surface area (Å²) in [4.78, 5) is 23.6. The average molecular weight is 278 g/mol. The Labute approximate surface area is 115 Å². The molecule has 0 aromatic heterocycles. The van der Waals surface area contributed by atoms with Gasteiger partial charge in [-0.15, -0.1) is 0 Å². The van der Waals surface area contributed by atoms with Crippen molar-refractivity contribution in [2.45, 2.75) is 19.6 Å². The van der Waals surface area contributed by atoms with Crippen molar-refractivity contribution >= 4 is 18.0 Å². The van der Waals surface area contributed by atoms with E-state index in [1.807, 2.05) is 0 Å². The molecule has 6 nitrogen and oxygen atoms in total. The Morgan fingerprint density at radius 1 is 1.20 bits per heavy atom. The molecule has 2 rings (SSSR count). The summed E-state index contributed by atoms with van der Waals surface area (Å²) >= 11 is 0. The van der Waals surface area contributed by atoms with Crippen LogP contribution in [-0.2, 0) is 19.1 Å². The normalized spacial score (nSPS) is 17.2. The summed E-state index contributed by atoms with van der Waals surface area (Å²) in [7, 11) is 1.40. The maximum absolute atomic E-state index is 11.8. The molecule has 0 amide bonds. The molecule has 1 fully saturated rings. The zero-order valence-corrected chi connectivity index (χ0v) is 11.3. The molecule has 0 bridgehead atoms. The molecule has 0 atom stereocenters. The number of aromatic hydroxyl groups is 1. The highest BCUT2D eigenvalue weighted by molar-refractivity contribution is 6.19. The SMILES string of the molecule is COc1cccc(C=C2C(=O)OC(C)(C)OC2=O)c1O. The second-order valence-corrected chi connectivity index (χ2v) is 4.63. The summed E-state index contributed by atoms with van der Waals surface area (Å²) in [6, 6.07) is 4.71. The van der Waals surface area contributed by atoms with E-state index in [0.29, 0.717) is 0 Å². The van der Waals surface area contributed by atoms with E-state index < -0.39 is 17.7 Å². The molecule has 20 heavy (non-hydrogen) atoms. The first-order valence-corrected chi connectivity index (χ1v) is 5.88. The molecule has 0 saturated carbocycles. The number of ether oxygens (including phenoxy) is 3. The van der Waals surface area contributed by atoms with Crippen LogP contribution in [0.5, 0.6) is 11.5 Å². The molecule has 1 aliphatic rings. The Morgan fingerprint density at radius 2 is 1.80 bits per heavy atom. The molecule has 0 aliphatic carbocycles. The van der Waals surface area contributed by atoms with E-state index >= 15 is 0 Å². The lowest BCUT2D eigenvalue weighted by atomic mass is 10.1. The largest absolute Gasteiger partial charge is 0.504 e. The van der Waals surface area contributed by atoms with Crippen LogP contribution in [0.15, 0.2) is 23.8 Å². The second kappa shape index (κ2) is 4.88. The highest BCUT2D eigenvalue weighted by atomic mass is 16.7. The first-order chi connectivity index (χ1) is 9.34. The predicted molar refractivity (Wildman–Crippen MR) is 68.9 cm³/mol. The highest BCUT2D eigenvalue weighted by Gasteiger charge is 2.39. The van der Waals surface area contributed by atoms with Crippen LogP contribution in [0.2, 0.25) is 0 Å². The minimum Gasteiger partial charge on any atom is -0.504 e. The summed E-state index contributed by atoms with van der Waals surface area (Å²) < 4.78 is 14.9. The van der Waals surface area contributed by atoms with E-state index in [1.54, 1.807) is 12.1 Å². The zero-order valence-electron chi connectivity index (χ0n) is 11.3. The Morgan fingerprint density at radius 3 is 2.35 bits per heavy atom. The fourth-order valence-corrected chi connectivity index (χ4v) is 1.75. The number of cyclic esters (lactones) is 2. The van der Waals surface area contributed by atoms with Gasteiger partial charge in [-0.1, -0.05) is 12.1 Å². The van der Waals surface area contributed by atoms with Gasteiger partial charge in [0, 0.05) is 19.4 Å². The Kier molecular flexibility index (Phi) is 3.40. The predicted octanol–water partition coefficient (Wildman–Crippen LogP) is 1.62. The average Bonchev–Trinajstić information content (AvgIpc) is 2.34. The van der Waals surface area contributed by atoms with Crippen LogP contribution in [0, 0.1) is 0 Å². The third-order valence-corrected chi connectivity index (χ3v) is 2.67. The Bertz CT molecular complexity index is 578. The third-order valence-electron chi connectivity index (χ3n) is 2.67. The van der Waals surface area contributed by atoms with Crippen LogP contribution < -0.4 is 4.74 Å². The van der Waals surface area contributed by atoms with Crippen LogP contribution in [-0.4, -0.2) is 29.9 Å². The van der Waals surface area contributed by atoms with Gasteiger partial charge in [0.1, 0.15) is 5.57 Å². The van der Waals surface area contributed by atoms with Gasteiger partial charge in [0.25, 0.3) is 5.79 Å². The molecule has 1 saturated heterocycles. The summed E-state index contributed by atoms with van der Waals surface area (Å²) in [5.41, 5.74) is -0.0270. The van der Waals surface area contributed by atoms with Crippen molar-refractivity contribution in [1.29, 1.82) is 0 Å². The third kappa shape index (κ3) is 2.59. The van der Waals surface area contributed by atoms with Gasteiger partial charge in [-0.2, -0.15) is 0 Å². The number of phenols is 1. The molecule has 1 N–H and O–H groups in total. The monoisotopic (exact) mass is 278 g/mol. The molecule has 1 aliphatic heterocycles. The minimum absolute atomic E-state index is 0.173. The molecule has 6 heteroatoms. The van der Waals surface area contributed by atoms with Crippen molar-refractivity contribution in [1.82, 2.24) is 0 Å².